The van der Waals surface area contributed by atoms with Crippen molar-refractivity contribution in [3.8, 4) is 16.2 Å². The summed E-state index contributed by atoms with van der Waals surface area (Å²) in [6.45, 7) is 10.5. The van der Waals surface area contributed by atoms with Gasteiger partial charge in [0, 0.05) is 36.6 Å². The minimum atomic E-state index is -0.951. The van der Waals surface area contributed by atoms with Gasteiger partial charge < -0.3 is 14.7 Å². The number of rotatable bonds is 8. The number of aliphatic carboxylic acids is 1. The number of nitrogens with zero attached hydrogens (tertiary/aromatic N) is 2. The second-order valence-corrected chi connectivity index (χ2v) is 8.75. The van der Waals surface area contributed by atoms with Crippen LogP contribution in [0.25, 0.3) is 10.4 Å². The summed E-state index contributed by atoms with van der Waals surface area (Å²) in [4.78, 5) is 17.2. The third kappa shape index (κ3) is 6.06. The molecule has 0 bridgehead atoms. The lowest BCUT2D eigenvalue weighted by molar-refractivity contribution is -0.139. The Bertz CT molecular complexity index is 761. The molecular weight excluding hydrogens is 372 g/mol. The summed E-state index contributed by atoms with van der Waals surface area (Å²) in [5, 5.41) is 11.1. The van der Waals surface area contributed by atoms with E-state index in [0.717, 1.165) is 56.8 Å². The lowest BCUT2D eigenvalue weighted by atomic mass is 10.1. The predicted octanol–water partition coefficient (Wildman–Crippen LogP) is 4.04. The molecule has 3 rings (SSSR count). The highest BCUT2D eigenvalue weighted by Gasteiger charge is 2.18. The van der Waals surface area contributed by atoms with Crippen LogP contribution in [0.4, 0.5) is 0 Å². The zero-order valence-corrected chi connectivity index (χ0v) is 17.6. The Kier molecular flexibility index (Phi) is 7.48. The van der Waals surface area contributed by atoms with E-state index in [1.165, 1.54) is 4.88 Å². The number of ether oxygens (including phenoxy) is 1. The van der Waals surface area contributed by atoms with Crippen LogP contribution >= 0.6 is 11.3 Å². The van der Waals surface area contributed by atoms with Gasteiger partial charge in [-0.2, -0.15) is 0 Å². The van der Waals surface area contributed by atoms with Crippen LogP contribution in [0.2, 0.25) is 0 Å². The molecule has 0 aliphatic carbocycles. The molecule has 152 valence electrons. The largest absolute Gasteiger partial charge is 0.482 e. The van der Waals surface area contributed by atoms with E-state index in [1.54, 1.807) is 11.3 Å². The van der Waals surface area contributed by atoms with E-state index in [2.05, 4.69) is 41.2 Å². The molecule has 5 nitrogen and oxygen atoms in total. The van der Waals surface area contributed by atoms with Crippen molar-refractivity contribution in [1.82, 2.24) is 9.80 Å². The van der Waals surface area contributed by atoms with Crippen molar-refractivity contribution in [3.63, 3.8) is 0 Å². The molecule has 1 aliphatic heterocycles. The van der Waals surface area contributed by atoms with Crippen LogP contribution in [0.1, 0.15) is 25.8 Å². The lowest BCUT2D eigenvalue weighted by Gasteiger charge is -2.24. The fraction of sp³-hybridized carbons (Fsp3) is 0.500. The van der Waals surface area contributed by atoms with Gasteiger partial charge in [-0.1, -0.05) is 19.9 Å². The van der Waals surface area contributed by atoms with Crippen molar-refractivity contribution in [3.05, 3.63) is 41.3 Å². The Morgan fingerprint density at radius 2 is 1.96 bits per heavy atom. The summed E-state index contributed by atoms with van der Waals surface area (Å²) < 4.78 is 5.58. The minimum absolute atomic E-state index is 0.312. The molecular formula is C22H30N2O3S. The van der Waals surface area contributed by atoms with Gasteiger partial charge in [-0.05, 0) is 60.6 Å². The molecule has 0 unspecified atom stereocenters. The van der Waals surface area contributed by atoms with Crippen LogP contribution in [0, 0.1) is 5.92 Å². The van der Waals surface area contributed by atoms with Gasteiger partial charge in [0.2, 0.25) is 0 Å². The summed E-state index contributed by atoms with van der Waals surface area (Å²) in [6.07, 6.45) is 1.16. The number of carboxylic acid groups (broad SMARTS) is 1. The van der Waals surface area contributed by atoms with Crippen LogP contribution in [0.5, 0.6) is 5.75 Å². The molecule has 0 amide bonds. The van der Waals surface area contributed by atoms with Crippen molar-refractivity contribution in [1.29, 1.82) is 0 Å². The van der Waals surface area contributed by atoms with Crippen LogP contribution < -0.4 is 4.74 Å². The molecule has 0 atom stereocenters. The molecule has 0 spiro atoms. The van der Waals surface area contributed by atoms with Gasteiger partial charge in [0.05, 0.1) is 0 Å². The first-order chi connectivity index (χ1) is 13.5. The SMILES string of the molecule is CC(C)CN1CCCN(Cc2cc(-c3cccs3)ccc2OCC(=O)O)CC1. The first kappa shape index (κ1) is 20.8. The van der Waals surface area contributed by atoms with E-state index < -0.39 is 5.97 Å². The Balaban J connectivity index is 1.74. The number of carbonyl (C=O) groups is 1. The van der Waals surface area contributed by atoms with Gasteiger partial charge in [0.25, 0.3) is 0 Å². The Morgan fingerprint density at radius 3 is 2.68 bits per heavy atom. The zero-order valence-electron chi connectivity index (χ0n) is 16.8. The van der Waals surface area contributed by atoms with Gasteiger partial charge >= 0.3 is 5.97 Å². The maximum Gasteiger partial charge on any atom is 0.341 e. The monoisotopic (exact) mass is 402 g/mol. The predicted molar refractivity (Wildman–Crippen MR) is 114 cm³/mol. The number of hydrogen-bond donors (Lipinski definition) is 1. The Morgan fingerprint density at radius 1 is 1.18 bits per heavy atom. The second-order valence-electron chi connectivity index (χ2n) is 7.81. The van der Waals surface area contributed by atoms with Crippen molar-refractivity contribution < 1.29 is 14.6 Å². The molecule has 2 heterocycles. The summed E-state index contributed by atoms with van der Waals surface area (Å²) >= 11 is 1.71. The van der Waals surface area contributed by atoms with E-state index >= 15 is 0 Å². The normalized spacial score (nSPS) is 16.2. The quantitative estimate of drug-likeness (QED) is 0.722. The van der Waals surface area contributed by atoms with Crippen LogP contribution in [0.3, 0.4) is 0 Å². The average molecular weight is 403 g/mol. The second kappa shape index (κ2) is 10.0. The van der Waals surface area contributed by atoms with Gasteiger partial charge in [0.1, 0.15) is 5.75 Å². The van der Waals surface area contributed by atoms with Gasteiger partial charge in [-0.25, -0.2) is 4.79 Å². The van der Waals surface area contributed by atoms with E-state index in [0.29, 0.717) is 11.7 Å². The number of benzene rings is 1. The number of thiophene rings is 1. The fourth-order valence-corrected chi connectivity index (χ4v) is 4.43. The standard InChI is InChI=1S/C22H30N2O3S/c1-17(2)14-23-8-4-9-24(11-10-23)15-19-13-18(21-5-3-12-28-21)6-7-20(19)27-16-22(25)26/h3,5-7,12-13,17H,4,8-11,14-16H2,1-2H3,(H,25,26). The fourth-order valence-electron chi connectivity index (χ4n) is 3.70. The van der Waals surface area contributed by atoms with E-state index in [9.17, 15) is 4.79 Å². The first-order valence-corrected chi connectivity index (χ1v) is 10.9. The van der Waals surface area contributed by atoms with Crippen LogP contribution in [-0.2, 0) is 11.3 Å². The molecule has 1 aromatic heterocycles. The lowest BCUT2D eigenvalue weighted by Crippen LogP contribution is -2.32. The van der Waals surface area contributed by atoms with Gasteiger partial charge in [0.15, 0.2) is 6.61 Å². The summed E-state index contributed by atoms with van der Waals surface area (Å²) in [7, 11) is 0. The molecule has 6 heteroatoms. The molecule has 1 saturated heterocycles. The topological polar surface area (TPSA) is 53.0 Å². The maximum absolute atomic E-state index is 11.0. The summed E-state index contributed by atoms with van der Waals surface area (Å²) in [6, 6.07) is 10.2. The van der Waals surface area contributed by atoms with Crippen molar-refractivity contribution in [2.24, 2.45) is 5.92 Å². The third-order valence-electron chi connectivity index (χ3n) is 4.92. The Labute approximate surface area is 171 Å². The van der Waals surface area contributed by atoms with E-state index in [1.807, 2.05) is 18.2 Å². The van der Waals surface area contributed by atoms with E-state index in [-0.39, 0.29) is 6.61 Å². The third-order valence-corrected chi connectivity index (χ3v) is 5.83. The van der Waals surface area contributed by atoms with E-state index in [4.69, 9.17) is 9.84 Å². The minimum Gasteiger partial charge on any atom is -0.482 e. The number of hydrogen-bond acceptors (Lipinski definition) is 5. The molecule has 1 N–H and O–H groups in total. The van der Waals surface area contributed by atoms with Crippen molar-refractivity contribution in [2.45, 2.75) is 26.8 Å². The van der Waals surface area contributed by atoms with Gasteiger partial charge in [-0.15, -0.1) is 11.3 Å². The highest BCUT2D eigenvalue weighted by molar-refractivity contribution is 7.13. The number of carboxylic acids is 1. The molecule has 1 fully saturated rings. The van der Waals surface area contributed by atoms with Gasteiger partial charge in [-0.3, -0.25) is 4.90 Å². The summed E-state index contributed by atoms with van der Waals surface area (Å²) in [5.41, 5.74) is 2.22. The molecule has 0 saturated carbocycles. The molecule has 28 heavy (non-hydrogen) atoms. The zero-order chi connectivity index (χ0) is 19.9. The molecule has 1 aromatic carbocycles. The Hall–Kier alpha value is -1.89. The van der Waals surface area contributed by atoms with Crippen molar-refractivity contribution in [2.75, 3.05) is 39.3 Å². The maximum atomic E-state index is 11.0. The summed E-state index contributed by atoms with van der Waals surface area (Å²) in [5.74, 6) is 0.406. The molecule has 0 radical (unpaired) electrons. The highest BCUT2D eigenvalue weighted by Crippen LogP contribution is 2.30. The molecule has 1 aliphatic rings. The van der Waals surface area contributed by atoms with Crippen LogP contribution in [-0.4, -0.2) is 60.2 Å². The van der Waals surface area contributed by atoms with Crippen LogP contribution in [0.15, 0.2) is 35.7 Å². The molecule has 2 aromatic rings. The highest BCUT2D eigenvalue weighted by atomic mass is 32.1. The smallest absolute Gasteiger partial charge is 0.341 e. The first-order valence-electron chi connectivity index (χ1n) is 9.97. The average Bonchev–Trinajstić information content (AvgIpc) is 3.10. The van der Waals surface area contributed by atoms with Crippen molar-refractivity contribution >= 4 is 17.3 Å².